The van der Waals surface area contributed by atoms with Gasteiger partial charge in [0.15, 0.2) is 5.82 Å². The molecule has 0 aliphatic rings. The number of anilines is 1. The van der Waals surface area contributed by atoms with Crippen LogP contribution in [0.5, 0.6) is 0 Å². The van der Waals surface area contributed by atoms with Crippen molar-refractivity contribution < 1.29 is 4.79 Å². The number of benzene rings is 2. The van der Waals surface area contributed by atoms with Crippen LogP contribution in [0.15, 0.2) is 73.2 Å². The first kappa shape index (κ1) is 17.7. The van der Waals surface area contributed by atoms with Gasteiger partial charge in [0.25, 0.3) is 0 Å². The molecule has 1 amide bonds. The van der Waals surface area contributed by atoms with Gasteiger partial charge < -0.3 is 5.32 Å². The average Bonchev–Trinajstić information content (AvgIpc) is 3.36. The Morgan fingerprint density at radius 3 is 2.82 bits per heavy atom. The molecule has 28 heavy (non-hydrogen) atoms. The van der Waals surface area contributed by atoms with Gasteiger partial charge in [-0.3, -0.25) is 14.2 Å². The number of nitrogens with one attached hydrogen (secondary N) is 1. The molecule has 0 aliphatic heterocycles. The Morgan fingerprint density at radius 2 is 1.96 bits per heavy atom. The summed E-state index contributed by atoms with van der Waals surface area (Å²) >= 11 is 0. The Balaban J connectivity index is 1.42. The molecule has 140 valence electrons. The summed E-state index contributed by atoms with van der Waals surface area (Å²) in [5.41, 5.74) is 2.07. The van der Waals surface area contributed by atoms with Gasteiger partial charge in [-0.2, -0.15) is 10.2 Å². The summed E-state index contributed by atoms with van der Waals surface area (Å²) in [7, 11) is 0. The van der Waals surface area contributed by atoms with E-state index in [4.69, 9.17) is 0 Å². The monoisotopic (exact) mass is 371 g/mol. The molecule has 0 unspecified atom stereocenters. The van der Waals surface area contributed by atoms with E-state index in [1.807, 2.05) is 40.8 Å². The molecular formula is C22H21N5O. The lowest BCUT2D eigenvalue weighted by atomic mass is 10.0. The summed E-state index contributed by atoms with van der Waals surface area (Å²) in [6.07, 6.45) is 8.71. The number of hydrogen-bond acceptors (Lipinski definition) is 3. The van der Waals surface area contributed by atoms with E-state index >= 15 is 0 Å². The molecular weight excluding hydrogens is 350 g/mol. The van der Waals surface area contributed by atoms with Crippen LogP contribution in [0.3, 0.4) is 0 Å². The Morgan fingerprint density at radius 1 is 1.11 bits per heavy atom. The summed E-state index contributed by atoms with van der Waals surface area (Å²) in [4.78, 5) is 12.1. The van der Waals surface area contributed by atoms with E-state index in [2.05, 4.69) is 45.8 Å². The van der Waals surface area contributed by atoms with Crippen molar-refractivity contribution in [3.63, 3.8) is 0 Å². The topological polar surface area (TPSA) is 64.7 Å². The zero-order valence-corrected chi connectivity index (χ0v) is 15.6. The van der Waals surface area contributed by atoms with Crippen molar-refractivity contribution in [1.29, 1.82) is 0 Å². The number of carbonyl (C=O) groups is 1. The minimum atomic E-state index is -0.223. The van der Waals surface area contributed by atoms with Crippen molar-refractivity contribution in [2.24, 2.45) is 0 Å². The van der Waals surface area contributed by atoms with Crippen LogP contribution in [0.4, 0.5) is 5.82 Å². The van der Waals surface area contributed by atoms with Crippen LogP contribution in [0.25, 0.3) is 16.8 Å². The van der Waals surface area contributed by atoms with E-state index in [9.17, 15) is 4.79 Å². The Labute approximate surface area is 163 Å². The van der Waals surface area contributed by atoms with Gasteiger partial charge >= 0.3 is 0 Å². The second-order valence-electron chi connectivity index (χ2n) is 6.49. The number of aromatic nitrogens is 4. The number of nitrogens with zero attached hydrogens (tertiary/aromatic N) is 4. The van der Waals surface area contributed by atoms with Crippen LogP contribution in [-0.2, 0) is 17.9 Å². The molecule has 0 radical (unpaired) electrons. The molecule has 0 spiro atoms. The van der Waals surface area contributed by atoms with Crippen molar-refractivity contribution in [2.75, 3.05) is 5.32 Å². The van der Waals surface area contributed by atoms with Crippen LogP contribution < -0.4 is 5.32 Å². The summed E-state index contributed by atoms with van der Waals surface area (Å²) in [6, 6.07) is 16.3. The van der Waals surface area contributed by atoms with Crippen molar-refractivity contribution >= 4 is 28.6 Å². The molecule has 6 heteroatoms. The second-order valence-corrected chi connectivity index (χ2v) is 6.49. The highest BCUT2D eigenvalue weighted by atomic mass is 16.1. The number of aryl methyl sites for hydroxylation is 1. The predicted octanol–water partition coefficient (Wildman–Crippen LogP) is 3.95. The highest BCUT2D eigenvalue weighted by Gasteiger charge is 2.05. The maximum Gasteiger partial charge on any atom is 0.249 e. The first-order valence-electron chi connectivity index (χ1n) is 9.23. The van der Waals surface area contributed by atoms with Gasteiger partial charge in [0.1, 0.15) is 0 Å². The summed E-state index contributed by atoms with van der Waals surface area (Å²) < 4.78 is 3.64. The third-order valence-electron chi connectivity index (χ3n) is 4.51. The zero-order valence-electron chi connectivity index (χ0n) is 15.6. The first-order valence-corrected chi connectivity index (χ1v) is 9.23. The molecule has 2 aromatic carbocycles. The second kappa shape index (κ2) is 7.92. The van der Waals surface area contributed by atoms with E-state index < -0.39 is 0 Å². The minimum Gasteiger partial charge on any atom is -0.306 e. The van der Waals surface area contributed by atoms with E-state index in [-0.39, 0.29) is 5.91 Å². The average molecular weight is 371 g/mol. The van der Waals surface area contributed by atoms with Gasteiger partial charge in [-0.1, -0.05) is 42.5 Å². The number of rotatable bonds is 6. The number of amides is 1. The largest absolute Gasteiger partial charge is 0.306 e. The number of carbonyl (C=O) groups excluding carboxylic acids is 1. The molecule has 0 fully saturated rings. The van der Waals surface area contributed by atoms with Gasteiger partial charge in [0.05, 0.1) is 12.7 Å². The minimum absolute atomic E-state index is 0.223. The highest BCUT2D eigenvalue weighted by Crippen LogP contribution is 2.19. The fourth-order valence-corrected chi connectivity index (χ4v) is 3.10. The van der Waals surface area contributed by atoms with Crippen LogP contribution in [0.1, 0.15) is 18.1 Å². The molecule has 0 aliphatic carbocycles. The van der Waals surface area contributed by atoms with E-state index in [0.29, 0.717) is 12.4 Å². The van der Waals surface area contributed by atoms with Crippen LogP contribution >= 0.6 is 0 Å². The maximum absolute atomic E-state index is 12.1. The predicted molar refractivity (Wildman–Crippen MR) is 111 cm³/mol. The summed E-state index contributed by atoms with van der Waals surface area (Å²) in [5, 5.41) is 13.8. The van der Waals surface area contributed by atoms with Crippen molar-refractivity contribution in [1.82, 2.24) is 19.6 Å². The van der Waals surface area contributed by atoms with Crippen molar-refractivity contribution in [3.8, 4) is 0 Å². The lowest BCUT2D eigenvalue weighted by molar-refractivity contribution is -0.111. The van der Waals surface area contributed by atoms with Crippen molar-refractivity contribution in [2.45, 2.75) is 20.0 Å². The number of hydrogen-bond donors (Lipinski definition) is 1. The fourth-order valence-electron chi connectivity index (χ4n) is 3.10. The Hall–Kier alpha value is -3.67. The van der Waals surface area contributed by atoms with Gasteiger partial charge in [-0.25, -0.2) is 0 Å². The normalized spacial score (nSPS) is 11.3. The molecule has 4 rings (SSSR count). The molecule has 0 saturated carbocycles. The molecule has 0 saturated heterocycles. The molecule has 2 heterocycles. The Bertz CT molecular complexity index is 1130. The van der Waals surface area contributed by atoms with Crippen molar-refractivity contribution in [3.05, 3.63) is 84.3 Å². The molecule has 6 nitrogen and oxygen atoms in total. The summed E-state index contributed by atoms with van der Waals surface area (Å²) in [6.45, 7) is 3.46. The lowest BCUT2D eigenvalue weighted by Crippen LogP contribution is -2.09. The highest BCUT2D eigenvalue weighted by molar-refractivity contribution is 6.01. The quantitative estimate of drug-likeness (QED) is 0.522. The van der Waals surface area contributed by atoms with Crippen LogP contribution in [0, 0.1) is 0 Å². The van der Waals surface area contributed by atoms with Gasteiger partial charge in [-0.05, 0) is 29.3 Å². The van der Waals surface area contributed by atoms with E-state index in [1.165, 1.54) is 22.4 Å². The summed E-state index contributed by atoms with van der Waals surface area (Å²) in [5.74, 6) is 0.304. The smallest absolute Gasteiger partial charge is 0.249 e. The molecule has 1 N–H and O–H groups in total. The van der Waals surface area contributed by atoms with Crippen LogP contribution in [-0.4, -0.2) is 25.5 Å². The van der Waals surface area contributed by atoms with Gasteiger partial charge in [0, 0.05) is 36.6 Å². The number of fused-ring (bicyclic) bond motifs is 1. The van der Waals surface area contributed by atoms with Crippen LogP contribution in [0.2, 0.25) is 0 Å². The third-order valence-corrected chi connectivity index (χ3v) is 4.51. The molecule has 2 aromatic heterocycles. The van der Waals surface area contributed by atoms with Gasteiger partial charge in [0.2, 0.25) is 5.91 Å². The maximum atomic E-state index is 12.1. The first-order chi connectivity index (χ1) is 13.7. The molecule has 0 bridgehead atoms. The SMILES string of the molecule is CCn1cc(/C=C/C(=O)Nc2ccn(Cc3cccc4ccccc34)n2)cn1. The van der Waals surface area contributed by atoms with E-state index in [1.54, 1.807) is 18.3 Å². The standard InChI is InChI=1S/C22H21N5O/c1-2-26-15-17(14-23-26)10-11-22(28)24-21-12-13-27(25-21)16-19-8-5-7-18-6-3-4-9-20(18)19/h3-15H,2,16H2,1H3,(H,24,25,28)/b11-10+. The van der Waals surface area contributed by atoms with Gasteiger partial charge in [-0.15, -0.1) is 0 Å². The van der Waals surface area contributed by atoms with E-state index in [0.717, 1.165) is 12.1 Å². The fraction of sp³-hybridized carbons (Fsp3) is 0.136. The molecule has 4 aromatic rings. The Kier molecular flexibility index (Phi) is 5.01. The zero-order chi connectivity index (χ0) is 19.3. The molecule has 0 atom stereocenters. The third kappa shape index (κ3) is 4.01. The lowest BCUT2D eigenvalue weighted by Gasteiger charge is -2.06.